The summed E-state index contributed by atoms with van der Waals surface area (Å²) >= 11 is 5.35. The first kappa shape index (κ1) is 9.72. The van der Waals surface area contributed by atoms with Gasteiger partial charge >= 0.3 is 0 Å². The third-order valence-electron chi connectivity index (χ3n) is 0.733. The molecule has 0 atom stereocenters. The van der Waals surface area contributed by atoms with Gasteiger partial charge in [0.05, 0.1) is 5.60 Å². The predicted octanol–water partition coefficient (Wildman–Crippen LogP) is 1.83. The maximum absolute atomic E-state index is 8.11. The first-order chi connectivity index (χ1) is 4.45. The Morgan fingerprint density at radius 1 is 1.60 bits per heavy atom. The van der Waals surface area contributed by atoms with Gasteiger partial charge in [-0.1, -0.05) is 16.8 Å². The Bertz CT molecular complexity index is 128. The third kappa shape index (κ3) is 5.85. The van der Waals surface area contributed by atoms with E-state index >= 15 is 0 Å². The Labute approximate surface area is 65.6 Å². The molecule has 0 aromatic heterocycles. The summed E-state index contributed by atoms with van der Waals surface area (Å²) in [6.07, 6.45) is 0. The van der Waals surface area contributed by atoms with E-state index in [1.165, 1.54) is 0 Å². The van der Waals surface area contributed by atoms with Gasteiger partial charge in [0.15, 0.2) is 5.17 Å². The minimum atomic E-state index is -0.245. The van der Waals surface area contributed by atoms with Gasteiger partial charge in [-0.2, -0.15) is 0 Å². The van der Waals surface area contributed by atoms with Crippen molar-refractivity contribution in [2.75, 3.05) is 6.61 Å². The van der Waals surface area contributed by atoms with E-state index in [2.05, 4.69) is 5.16 Å². The minimum Gasteiger partial charge on any atom is -0.410 e. The second kappa shape index (κ2) is 3.78. The lowest BCUT2D eigenvalue weighted by atomic mass is 10.2. The molecule has 0 amide bonds. The SMILES string of the molecule is CC(C)(C)OC/C(Cl)=N/O. The molecule has 0 aromatic rings. The minimum absolute atomic E-state index is 0.0647. The zero-order chi connectivity index (χ0) is 8.20. The highest BCUT2D eigenvalue weighted by Gasteiger charge is 2.10. The van der Waals surface area contributed by atoms with Crippen LogP contribution in [0.5, 0.6) is 0 Å². The fourth-order valence-electron chi connectivity index (χ4n) is 0.305. The smallest absolute Gasteiger partial charge is 0.170 e. The van der Waals surface area contributed by atoms with E-state index in [9.17, 15) is 0 Å². The molecule has 0 rings (SSSR count). The molecular formula is C6H12ClNO2. The highest BCUT2D eigenvalue weighted by molar-refractivity contribution is 6.65. The molecule has 1 N–H and O–H groups in total. The van der Waals surface area contributed by atoms with Crippen molar-refractivity contribution in [3.8, 4) is 0 Å². The maximum Gasteiger partial charge on any atom is 0.170 e. The highest BCUT2D eigenvalue weighted by atomic mass is 35.5. The Kier molecular flexibility index (Phi) is 3.68. The molecule has 0 unspecified atom stereocenters. The molecule has 0 spiro atoms. The first-order valence-corrected chi connectivity index (χ1v) is 3.34. The number of hydrogen-bond donors (Lipinski definition) is 1. The summed E-state index contributed by atoms with van der Waals surface area (Å²) in [5.41, 5.74) is -0.245. The van der Waals surface area contributed by atoms with Crippen molar-refractivity contribution in [2.24, 2.45) is 5.16 Å². The lowest BCUT2D eigenvalue weighted by Gasteiger charge is -2.18. The Morgan fingerprint density at radius 3 is 2.40 bits per heavy atom. The highest BCUT2D eigenvalue weighted by Crippen LogP contribution is 2.06. The van der Waals surface area contributed by atoms with Crippen LogP contribution in [0.15, 0.2) is 5.16 Å². The fraction of sp³-hybridized carbons (Fsp3) is 0.833. The molecule has 10 heavy (non-hydrogen) atoms. The van der Waals surface area contributed by atoms with E-state index in [0.29, 0.717) is 0 Å². The molecule has 3 nitrogen and oxygen atoms in total. The number of oxime groups is 1. The molecule has 0 saturated heterocycles. The summed E-state index contributed by atoms with van der Waals surface area (Å²) in [5.74, 6) is 0. The van der Waals surface area contributed by atoms with E-state index in [-0.39, 0.29) is 17.4 Å². The topological polar surface area (TPSA) is 41.8 Å². The van der Waals surface area contributed by atoms with Gasteiger partial charge in [-0.15, -0.1) is 0 Å². The van der Waals surface area contributed by atoms with Crippen LogP contribution >= 0.6 is 11.6 Å². The van der Waals surface area contributed by atoms with E-state index in [4.69, 9.17) is 21.5 Å². The summed E-state index contributed by atoms with van der Waals surface area (Å²) in [6, 6.07) is 0. The van der Waals surface area contributed by atoms with Crippen LogP contribution in [0.25, 0.3) is 0 Å². The Morgan fingerprint density at radius 2 is 2.10 bits per heavy atom. The van der Waals surface area contributed by atoms with Gasteiger partial charge in [-0.25, -0.2) is 0 Å². The summed E-state index contributed by atoms with van der Waals surface area (Å²) < 4.78 is 5.16. The number of ether oxygens (including phenoxy) is 1. The van der Waals surface area contributed by atoms with Crippen molar-refractivity contribution < 1.29 is 9.94 Å². The summed E-state index contributed by atoms with van der Waals surface area (Å²) in [4.78, 5) is 0. The van der Waals surface area contributed by atoms with E-state index < -0.39 is 0 Å². The normalized spacial score (nSPS) is 13.8. The molecular weight excluding hydrogens is 154 g/mol. The maximum atomic E-state index is 8.11. The van der Waals surface area contributed by atoms with E-state index in [1.807, 2.05) is 20.8 Å². The molecule has 0 aliphatic heterocycles. The predicted molar refractivity (Wildman–Crippen MR) is 40.8 cm³/mol. The zero-order valence-electron chi connectivity index (χ0n) is 6.39. The van der Waals surface area contributed by atoms with Gasteiger partial charge < -0.3 is 9.94 Å². The van der Waals surface area contributed by atoms with Crippen molar-refractivity contribution in [3.05, 3.63) is 0 Å². The summed E-state index contributed by atoms with van der Waals surface area (Å²) in [6.45, 7) is 5.85. The molecule has 4 heteroatoms. The first-order valence-electron chi connectivity index (χ1n) is 2.96. The van der Waals surface area contributed by atoms with Gasteiger partial charge in [0.25, 0.3) is 0 Å². The van der Waals surface area contributed by atoms with Crippen LogP contribution in [0, 0.1) is 0 Å². The monoisotopic (exact) mass is 165 g/mol. The second-order valence-electron chi connectivity index (χ2n) is 2.88. The quantitative estimate of drug-likeness (QED) is 0.385. The average Bonchev–Trinajstić information content (AvgIpc) is 1.81. The molecule has 0 aliphatic carbocycles. The van der Waals surface area contributed by atoms with Crippen molar-refractivity contribution in [1.82, 2.24) is 0 Å². The Balaban J connectivity index is 3.56. The van der Waals surface area contributed by atoms with Gasteiger partial charge in [-0.3, -0.25) is 0 Å². The van der Waals surface area contributed by atoms with Gasteiger partial charge in [0.1, 0.15) is 6.61 Å². The third-order valence-corrected chi connectivity index (χ3v) is 0.917. The summed E-state index contributed by atoms with van der Waals surface area (Å²) in [7, 11) is 0. The van der Waals surface area contributed by atoms with Crippen molar-refractivity contribution in [1.29, 1.82) is 0 Å². The molecule has 0 radical (unpaired) electrons. The number of hydrogen-bond acceptors (Lipinski definition) is 3. The standard InChI is InChI=1S/C6H12ClNO2/c1-6(2,3)10-4-5(7)8-9/h9H,4H2,1-3H3/b8-5-. The lowest BCUT2D eigenvalue weighted by molar-refractivity contribution is 0.0214. The van der Waals surface area contributed by atoms with Crippen LogP contribution in [-0.4, -0.2) is 22.6 Å². The lowest BCUT2D eigenvalue weighted by Crippen LogP contribution is -2.21. The number of halogens is 1. The average molecular weight is 166 g/mol. The number of nitrogens with zero attached hydrogens (tertiary/aromatic N) is 1. The van der Waals surface area contributed by atoms with Crippen LogP contribution in [0.1, 0.15) is 20.8 Å². The van der Waals surface area contributed by atoms with Crippen LogP contribution in [0.4, 0.5) is 0 Å². The van der Waals surface area contributed by atoms with Gasteiger partial charge in [-0.05, 0) is 20.8 Å². The molecule has 0 heterocycles. The second-order valence-corrected chi connectivity index (χ2v) is 3.31. The molecule has 0 aromatic carbocycles. The van der Waals surface area contributed by atoms with Gasteiger partial charge in [0.2, 0.25) is 0 Å². The molecule has 0 fully saturated rings. The van der Waals surface area contributed by atoms with E-state index in [1.54, 1.807) is 0 Å². The molecule has 0 aliphatic rings. The van der Waals surface area contributed by atoms with Crippen LogP contribution < -0.4 is 0 Å². The Hall–Kier alpha value is -0.280. The zero-order valence-corrected chi connectivity index (χ0v) is 7.14. The van der Waals surface area contributed by atoms with Crippen molar-refractivity contribution >= 4 is 16.8 Å². The van der Waals surface area contributed by atoms with Gasteiger partial charge in [0, 0.05) is 0 Å². The molecule has 0 bridgehead atoms. The van der Waals surface area contributed by atoms with Crippen molar-refractivity contribution in [2.45, 2.75) is 26.4 Å². The number of rotatable bonds is 2. The van der Waals surface area contributed by atoms with Crippen LogP contribution in [0.2, 0.25) is 0 Å². The van der Waals surface area contributed by atoms with E-state index in [0.717, 1.165) is 0 Å². The van der Waals surface area contributed by atoms with Crippen LogP contribution in [-0.2, 0) is 4.74 Å². The molecule has 0 saturated carbocycles. The largest absolute Gasteiger partial charge is 0.410 e. The summed E-state index contributed by atoms with van der Waals surface area (Å²) in [5, 5.41) is 10.9. The molecule has 60 valence electrons. The van der Waals surface area contributed by atoms with Crippen molar-refractivity contribution in [3.63, 3.8) is 0 Å². The van der Waals surface area contributed by atoms with Crippen LogP contribution in [0.3, 0.4) is 0 Å². The fourth-order valence-corrected chi connectivity index (χ4v) is 0.359.